The molecular formula is C18H38N2. The summed E-state index contributed by atoms with van der Waals surface area (Å²) in [4.78, 5) is 0. The molecule has 0 aromatic rings. The maximum absolute atomic E-state index is 5.39. The van der Waals surface area contributed by atoms with Crippen LogP contribution < -0.4 is 11.5 Å². The third-order valence-electron chi connectivity index (χ3n) is 3.94. The number of rotatable bonds is 15. The lowest BCUT2D eigenvalue weighted by atomic mass is 10.0. The van der Waals surface area contributed by atoms with E-state index in [9.17, 15) is 0 Å². The molecule has 120 valence electrons. The van der Waals surface area contributed by atoms with Crippen LogP contribution >= 0.6 is 0 Å². The van der Waals surface area contributed by atoms with E-state index in [2.05, 4.69) is 6.92 Å². The van der Waals surface area contributed by atoms with E-state index in [4.69, 9.17) is 11.5 Å². The van der Waals surface area contributed by atoms with Gasteiger partial charge in [0.2, 0.25) is 0 Å². The average Bonchev–Trinajstić information content (AvgIpc) is 2.43. The monoisotopic (exact) mass is 282 g/mol. The van der Waals surface area contributed by atoms with Crippen molar-refractivity contribution in [1.82, 2.24) is 0 Å². The predicted molar refractivity (Wildman–Crippen MR) is 91.4 cm³/mol. The Balaban J connectivity index is 2.97. The van der Waals surface area contributed by atoms with Gasteiger partial charge in [-0.2, -0.15) is 0 Å². The topological polar surface area (TPSA) is 52.0 Å². The van der Waals surface area contributed by atoms with Gasteiger partial charge in [0.05, 0.1) is 5.82 Å². The molecular weight excluding hydrogens is 244 g/mol. The van der Waals surface area contributed by atoms with E-state index < -0.39 is 0 Å². The van der Waals surface area contributed by atoms with Crippen molar-refractivity contribution in [2.75, 3.05) is 0 Å². The van der Waals surface area contributed by atoms with Gasteiger partial charge in [-0.05, 0) is 18.9 Å². The fourth-order valence-corrected chi connectivity index (χ4v) is 2.61. The van der Waals surface area contributed by atoms with Crippen molar-refractivity contribution in [3.63, 3.8) is 0 Å². The minimum Gasteiger partial charge on any atom is -0.386 e. The Hall–Kier alpha value is -0.660. The molecule has 0 amide bonds. The van der Waals surface area contributed by atoms with Crippen LogP contribution in [-0.4, -0.2) is 0 Å². The quantitative estimate of drug-likeness (QED) is 0.383. The van der Waals surface area contributed by atoms with Gasteiger partial charge >= 0.3 is 0 Å². The molecule has 4 N–H and O–H groups in total. The van der Waals surface area contributed by atoms with Crippen LogP contribution in [0.4, 0.5) is 0 Å². The van der Waals surface area contributed by atoms with E-state index in [1.165, 1.54) is 89.9 Å². The van der Waals surface area contributed by atoms with Crippen molar-refractivity contribution in [3.05, 3.63) is 11.9 Å². The number of allylic oxidation sites excluding steroid dienone is 1. The molecule has 0 bridgehead atoms. The normalized spacial score (nSPS) is 10.7. The maximum Gasteiger partial charge on any atom is 0.0892 e. The lowest BCUT2D eigenvalue weighted by Crippen LogP contribution is -2.07. The summed E-state index contributed by atoms with van der Waals surface area (Å²) in [5.74, 6) is 0.472. The number of hydrogen-bond acceptors (Lipinski definition) is 2. The first-order valence-electron chi connectivity index (χ1n) is 8.98. The van der Waals surface area contributed by atoms with Gasteiger partial charge in [-0.25, -0.2) is 0 Å². The number of nitrogens with two attached hydrogens (primary N) is 2. The molecule has 0 fully saturated rings. The second-order valence-corrected chi connectivity index (χ2v) is 6.09. The van der Waals surface area contributed by atoms with E-state index in [1.54, 1.807) is 0 Å². The van der Waals surface area contributed by atoms with Crippen molar-refractivity contribution in [2.24, 2.45) is 11.5 Å². The summed E-state index contributed by atoms with van der Waals surface area (Å²) in [5.41, 5.74) is 10.8. The van der Waals surface area contributed by atoms with Crippen molar-refractivity contribution < 1.29 is 0 Å². The molecule has 2 nitrogen and oxygen atoms in total. The first-order chi connectivity index (χ1) is 9.77. The molecule has 0 saturated heterocycles. The number of hydrogen-bond donors (Lipinski definition) is 2. The highest BCUT2D eigenvalue weighted by atomic mass is 14.8. The van der Waals surface area contributed by atoms with Gasteiger partial charge in [-0.1, -0.05) is 90.4 Å². The molecule has 0 aliphatic rings. The van der Waals surface area contributed by atoms with Gasteiger partial charge in [0.15, 0.2) is 0 Å². The third-order valence-corrected chi connectivity index (χ3v) is 3.94. The fourth-order valence-electron chi connectivity index (χ4n) is 2.61. The molecule has 0 aromatic carbocycles. The highest BCUT2D eigenvalue weighted by Crippen LogP contribution is 2.13. The van der Waals surface area contributed by atoms with Crippen LogP contribution in [0.25, 0.3) is 0 Å². The van der Waals surface area contributed by atoms with Crippen molar-refractivity contribution in [3.8, 4) is 0 Å². The maximum atomic E-state index is 5.39. The van der Waals surface area contributed by atoms with Crippen LogP contribution in [-0.2, 0) is 0 Å². The molecule has 0 aliphatic heterocycles. The highest BCUT2D eigenvalue weighted by Gasteiger charge is 1.93. The van der Waals surface area contributed by atoms with Crippen LogP contribution in [0, 0.1) is 0 Å². The second-order valence-electron chi connectivity index (χ2n) is 6.09. The molecule has 0 saturated carbocycles. The molecule has 0 aromatic heterocycles. The molecule has 0 atom stereocenters. The Morgan fingerprint density at radius 3 is 1.30 bits per heavy atom. The minimum atomic E-state index is 0.472. The van der Waals surface area contributed by atoms with Crippen LogP contribution in [0.5, 0.6) is 0 Å². The summed E-state index contributed by atoms with van der Waals surface area (Å²) in [7, 11) is 0. The Morgan fingerprint density at radius 1 is 0.600 bits per heavy atom. The zero-order valence-corrected chi connectivity index (χ0v) is 13.8. The van der Waals surface area contributed by atoms with Crippen LogP contribution in [0.3, 0.4) is 0 Å². The summed E-state index contributed by atoms with van der Waals surface area (Å²) >= 11 is 0. The van der Waals surface area contributed by atoms with E-state index in [-0.39, 0.29) is 0 Å². The van der Waals surface area contributed by atoms with Crippen LogP contribution in [0.2, 0.25) is 0 Å². The van der Waals surface area contributed by atoms with E-state index in [0.717, 1.165) is 6.42 Å². The second kappa shape index (κ2) is 16.4. The molecule has 0 radical (unpaired) electrons. The fraction of sp³-hybridized carbons (Fsp3) is 0.889. The van der Waals surface area contributed by atoms with Gasteiger partial charge in [-0.3, -0.25) is 0 Å². The molecule has 0 unspecified atom stereocenters. The van der Waals surface area contributed by atoms with Crippen molar-refractivity contribution >= 4 is 0 Å². The third kappa shape index (κ3) is 17.3. The zero-order valence-electron chi connectivity index (χ0n) is 13.8. The molecule has 20 heavy (non-hydrogen) atoms. The molecule has 0 spiro atoms. The Morgan fingerprint density at radius 2 is 0.950 bits per heavy atom. The summed E-state index contributed by atoms with van der Waals surface area (Å²) in [5, 5.41) is 0. The van der Waals surface area contributed by atoms with Gasteiger partial charge in [0.1, 0.15) is 0 Å². The van der Waals surface area contributed by atoms with Crippen LogP contribution in [0.1, 0.15) is 103 Å². The lowest BCUT2D eigenvalue weighted by molar-refractivity contribution is 0.536. The molecule has 2 heteroatoms. The first kappa shape index (κ1) is 19.3. The zero-order chi connectivity index (χ0) is 14.9. The SMILES string of the molecule is CCCCCCCCCCCCCCCCC=C(N)N. The van der Waals surface area contributed by atoms with Crippen molar-refractivity contribution in [2.45, 2.75) is 103 Å². The van der Waals surface area contributed by atoms with Crippen molar-refractivity contribution in [1.29, 1.82) is 0 Å². The van der Waals surface area contributed by atoms with Gasteiger partial charge in [0, 0.05) is 0 Å². The van der Waals surface area contributed by atoms with Gasteiger partial charge in [-0.15, -0.1) is 0 Å². The van der Waals surface area contributed by atoms with Crippen LogP contribution in [0.15, 0.2) is 11.9 Å². The predicted octanol–water partition coefficient (Wildman–Crippen LogP) is 5.62. The molecule has 0 aliphatic carbocycles. The largest absolute Gasteiger partial charge is 0.386 e. The van der Waals surface area contributed by atoms with E-state index >= 15 is 0 Å². The van der Waals surface area contributed by atoms with Gasteiger partial charge < -0.3 is 11.5 Å². The average molecular weight is 283 g/mol. The van der Waals surface area contributed by atoms with Gasteiger partial charge in [0.25, 0.3) is 0 Å². The Bertz CT molecular complexity index is 207. The lowest BCUT2D eigenvalue weighted by Gasteiger charge is -2.02. The standard InChI is InChI=1S/C18H38N2/c1-2-3-4-5-6-7-8-9-10-11-12-13-14-15-16-17-18(19)20/h17H,2-16,19-20H2,1H3. The summed E-state index contributed by atoms with van der Waals surface area (Å²) in [6.45, 7) is 2.28. The molecule has 0 heterocycles. The summed E-state index contributed by atoms with van der Waals surface area (Å²) < 4.78 is 0. The summed E-state index contributed by atoms with van der Waals surface area (Å²) in [6.07, 6.45) is 22.6. The van der Waals surface area contributed by atoms with E-state index in [0.29, 0.717) is 5.82 Å². The first-order valence-corrected chi connectivity index (χ1v) is 8.98. The summed E-state index contributed by atoms with van der Waals surface area (Å²) in [6, 6.07) is 0. The smallest absolute Gasteiger partial charge is 0.0892 e. The van der Waals surface area contributed by atoms with E-state index in [1.807, 2.05) is 6.08 Å². The molecule has 0 rings (SSSR count). The Labute approximate surface area is 127 Å². The number of unbranched alkanes of at least 4 members (excludes halogenated alkanes) is 14. The minimum absolute atomic E-state index is 0.472. The highest BCUT2D eigenvalue weighted by molar-refractivity contribution is 4.89. The Kier molecular flexibility index (Phi) is 15.9.